The minimum atomic E-state index is 0.806. The second-order valence-corrected chi connectivity index (χ2v) is 7.58. The van der Waals surface area contributed by atoms with Gasteiger partial charge in [0.15, 0.2) is 0 Å². The molecule has 0 radical (unpaired) electrons. The van der Waals surface area contributed by atoms with E-state index < -0.39 is 0 Å². The molecule has 2 aromatic carbocycles. The van der Waals surface area contributed by atoms with Crippen molar-refractivity contribution in [2.45, 2.75) is 26.8 Å². The Bertz CT molecular complexity index is 933. The zero-order valence-electron chi connectivity index (χ0n) is 17.3. The van der Waals surface area contributed by atoms with Crippen LogP contribution in [0.2, 0.25) is 0 Å². The predicted molar refractivity (Wildman–Crippen MR) is 120 cm³/mol. The topological polar surface area (TPSA) is 44.3 Å². The van der Waals surface area contributed by atoms with Crippen LogP contribution in [-0.4, -0.2) is 41.0 Å². The number of aryl methyl sites for hydroxylation is 2. The van der Waals surface area contributed by atoms with E-state index in [1.165, 1.54) is 16.7 Å². The summed E-state index contributed by atoms with van der Waals surface area (Å²) < 4.78 is 0. The lowest BCUT2D eigenvalue weighted by atomic mass is 10.1. The van der Waals surface area contributed by atoms with E-state index in [2.05, 4.69) is 82.5 Å². The largest absolute Gasteiger partial charge is 0.340 e. The number of benzene rings is 2. The number of piperazine rings is 1. The number of aromatic nitrogens is 2. The van der Waals surface area contributed by atoms with Gasteiger partial charge in [0.05, 0.1) is 0 Å². The highest BCUT2D eigenvalue weighted by Gasteiger charge is 2.19. The third-order valence-corrected chi connectivity index (χ3v) is 5.54. The van der Waals surface area contributed by atoms with E-state index >= 15 is 0 Å². The second-order valence-electron chi connectivity index (χ2n) is 7.58. The van der Waals surface area contributed by atoms with E-state index in [0.29, 0.717) is 0 Å². The minimum absolute atomic E-state index is 0.806. The number of anilines is 3. The molecule has 1 N–H and O–H groups in total. The maximum absolute atomic E-state index is 4.80. The smallest absolute Gasteiger partial charge is 0.227 e. The van der Waals surface area contributed by atoms with Gasteiger partial charge >= 0.3 is 0 Å². The number of rotatable bonds is 6. The van der Waals surface area contributed by atoms with E-state index in [-0.39, 0.29) is 0 Å². The van der Waals surface area contributed by atoms with Crippen molar-refractivity contribution in [1.82, 2.24) is 14.9 Å². The molecule has 0 amide bonds. The lowest BCUT2D eigenvalue weighted by molar-refractivity contribution is 0.248. The van der Waals surface area contributed by atoms with Gasteiger partial charge in [-0.15, -0.1) is 0 Å². The number of hydrogen-bond donors (Lipinski definition) is 1. The Morgan fingerprint density at radius 1 is 0.931 bits per heavy atom. The Morgan fingerprint density at radius 2 is 1.72 bits per heavy atom. The third-order valence-electron chi connectivity index (χ3n) is 5.54. The van der Waals surface area contributed by atoms with E-state index in [1.54, 1.807) is 0 Å². The van der Waals surface area contributed by atoms with Gasteiger partial charge in [-0.1, -0.05) is 55.5 Å². The van der Waals surface area contributed by atoms with Crippen LogP contribution in [0.5, 0.6) is 0 Å². The number of para-hydroxylation sites is 1. The fourth-order valence-corrected chi connectivity index (χ4v) is 3.85. The van der Waals surface area contributed by atoms with Crippen LogP contribution in [0.25, 0.3) is 0 Å². The summed E-state index contributed by atoms with van der Waals surface area (Å²) in [5, 5.41) is 3.52. The van der Waals surface area contributed by atoms with Crippen molar-refractivity contribution < 1.29 is 0 Å². The summed E-state index contributed by atoms with van der Waals surface area (Å²) in [4.78, 5) is 14.1. The molecular weight excluding hydrogens is 358 g/mol. The first-order valence-electron chi connectivity index (χ1n) is 10.4. The maximum Gasteiger partial charge on any atom is 0.227 e. The highest BCUT2D eigenvalue weighted by Crippen LogP contribution is 2.25. The van der Waals surface area contributed by atoms with Crippen LogP contribution in [-0.2, 0) is 13.0 Å². The predicted octanol–water partition coefficient (Wildman–Crippen LogP) is 4.41. The van der Waals surface area contributed by atoms with Crippen molar-refractivity contribution in [3.8, 4) is 0 Å². The molecule has 1 aromatic heterocycles. The highest BCUT2D eigenvalue weighted by atomic mass is 15.3. The molecule has 1 aliphatic rings. The van der Waals surface area contributed by atoms with Crippen molar-refractivity contribution in [3.05, 3.63) is 77.5 Å². The summed E-state index contributed by atoms with van der Waals surface area (Å²) in [5.74, 6) is 1.66. The molecule has 4 rings (SSSR count). The molecule has 0 saturated carbocycles. The third kappa shape index (κ3) is 4.74. The van der Waals surface area contributed by atoms with E-state index in [0.717, 1.165) is 56.6 Å². The molecule has 1 aliphatic heterocycles. The first-order valence-corrected chi connectivity index (χ1v) is 10.4. The summed E-state index contributed by atoms with van der Waals surface area (Å²) in [5.41, 5.74) is 5.07. The minimum Gasteiger partial charge on any atom is -0.340 e. The summed E-state index contributed by atoms with van der Waals surface area (Å²) >= 11 is 0. The van der Waals surface area contributed by atoms with Crippen LogP contribution in [0.1, 0.15) is 23.6 Å². The monoisotopic (exact) mass is 387 g/mol. The molecule has 29 heavy (non-hydrogen) atoms. The van der Waals surface area contributed by atoms with Crippen molar-refractivity contribution in [1.29, 1.82) is 0 Å². The van der Waals surface area contributed by atoms with Crippen LogP contribution in [0, 0.1) is 6.92 Å². The van der Waals surface area contributed by atoms with Crippen molar-refractivity contribution in [3.63, 3.8) is 0 Å². The Morgan fingerprint density at radius 3 is 2.48 bits per heavy atom. The highest BCUT2D eigenvalue weighted by molar-refractivity contribution is 5.65. The number of nitrogens with zero attached hydrogens (tertiary/aromatic N) is 4. The van der Waals surface area contributed by atoms with Gasteiger partial charge in [-0.2, -0.15) is 4.98 Å². The maximum atomic E-state index is 4.80. The zero-order chi connectivity index (χ0) is 20.1. The first kappa shape index (κ1) is 19.4. The zero-order valence-corrected chi connectivity index (χ0v) is 17.3. The van der Waals surface area contributed by atoms with Gasteiger partial charge in [0.2, 0.25) is 5.95 Å². The first-order chi connectivity index (χ1) is 14.2. The van der Waals surface area contributed by atoms with Crippen LogP contribution < -0.4 is 10.2 Å². The van der Waals surface area contributed by atoms with E-state index in [4.69, 9.17) is 4.98 Å². The standard InChI is InChI=1S/C24H29N5/c1-3-21-11-7-8-19(2)23(21)26-22-12-13-25-24(27-22)29-16-14-28(15-17-29)18-20-9-5-4-6-10-20/h4-13H,3,14-18H2,1-2H3,(H,25,26,27). The average Bonchev–Trinajstić information content (AvgIpc) is 2.77. The number of nitrogens with one attached hydrogen (secondary N) is 1. The van der Waals surface area contributed by atoms with Gasteiger partial charge in [0.25, 0.3) is 0 Å². The van der Waals surface area contributed by atoms with Gasteiger partial charge in [0, 0.05) is 44.6 Å². The molecule has 3 aromatic rings. The molecule has 5 nitrogen and oxygen atoms in total. The van der Waals surface area contributed by atoms with Crippen LogP contribution in [0.4, 0.5) is 17.5 Å². The van der Waals surface area contributed by atoms with Gasteiger partial charge in [-0.25, -0.2) is 4.98 Å². The Hall–Kier alpha value is -2.92. The Balaban J connectivity index is 1.41. The quantitative estimate of drug-likeness (QED) is 0.679. The molecule has 0 spiro atoms. The number of hydrogen-bond acceptors (Lipinski definition) is 5. The lowest BCUT2D eigenvalue weighted by Crippen LogP contribution is -2.46. The molecule has 2 heterocycles. The summed E-state index contributed by atoms with van der Waals surface area (Å²) in [7, 11) is 0. The summed E-state index contributed by atoms with van der Waals surface area (Å²) in [6, 6.07) is 19.0. The molecule has 5 heteroatoms. The fraction of sp³-hybridized carbons (Fsp3) is 0.333. The SMILES string of the molecule is CCc1cccc(C)c1Nc1ccnc(N2CCN(Cc3ccccc3)CC2)n1. The normalized spacial score (nSPS) is 14.8. The summed E-state index contributed by atoms with van der Waals surface area (Å²) in [6.45, 7) is 9.25. The van der Waals surface area contributed by atoms with Crippen LogP contribution >= 0.6 is 0 Å². The molecule has 1 fully saturated rings. The van der Waals surface area contributed by atoms with Crippen LogP contribution in [0.15, 0.2) is 60.8 Å². The van der Waals surface area contributed by atoms with Crippen LogP contribution in [0.3, 0.4) is 0 Å². The van der Waals surface area contributed by atoms with Gasteiger partial charge in [-0.05, 0) is 36.1 Å². The van der Waals surface area contributed by atoms with Gasteiger partial charge in [0.1, 0.15) is 5.82 Å². The second kappa shape index (κ2) is 9.05. The molecule has 150 valence electrons. The molecule has 1 saturated heterocycles. The summed E-state index contributed by atoms with van der Waals surface area (Å²) in [6.07, 6.45) is 2.84. The van der Waals surface area contributed by atoms with E-state index in [1.807, 2.05) is 12.3 Å². The van der Waals surface area contributed by atoms with E-state index in [9.17, 15) is 0 Å². The van der Waals surface area contributed by atoms with Gasteiger partial charge in [-0.3, -0.25) is 4.90 Å². The molecule has 0 bridgehead atoms. The molecule has 0 unspecified atom stereocenters. The van der Waals surface area contributed by atoms with Crippen molar-refractivity contribution >= 4 is 17.5 Å². The van der Waals surface area contributed by atoms with Crippen molar-refractivity contribution in [2.24, 2.45) is 0 Å². The average molecular weight is 388 g/mol. The lowest BCUT2D eigenvalue weighted by Gasteiger charge is -2.34. The van der Waals surface area contributed by atoms with Gasteiger partial charge < -0.3 is 10.2 Å². The molecular formula is C24H29N5. The molecule has 0 atom stereocenters. The fourth-order valence-electron chi connectivity index (χ4n) is 3.85. The Labute approximate surface area is 173 Å². The Kier molecular flexibility index (Phi) is 6.06. The molecule has 0 aliphatic carbocycles. The van der Waals surface area contributed by atoms with Crippen molar-refractivity contribution in [2.75, 3.05) is 36.4 Å².